The highest BCUT2D eigenvalue weighted by molar-refractivity contribution is 6.32. The predicted molar refractivity (Wildman–Crippen MR) is 72.0 cm³/mol. The Balaban J connectivity index is 2.07. The Kier molecular flexibility index (Phi) is 2.75. The van der Waals surface area contributed by atoms with E-state index < -0.39 is 0 Å². The molecular formula is C14H16ClNO. The largest absolute Gasteiger partial charge is 0.462 e. The summed E-state index contributed by atoms with van der Waals surface area (Å²) in [6, 6.07) is 4.05. The molecular weight excluding hydrogens is 234 g/mol. The van der Waals surface area contributed by atoms with E-state index in [2.05, 4.69) is 4.90 Å². The summed E-state index contributed by atoms with van der Waals surface area (Å²) in [5.74, 6) is 0. The van der Waals surface area contributed by atoms with Gasteiger partial charge in [-0.25, -0.2) is 0 Å². The lowest BCUT2D eigenvalue weighted by Crippen LogP contribution is -2.29. The molecule has 1 saturated heterocycles. The summed E-state index contributed by atoms with van der Waals surface area (Å²) in [6.45, 7) is 4.26. The van der Waals surface area contributed by atoms with Crippen LogP contribution in [0.2, 0.25) is 5.02 Å². The van der Waals surface area contributed by atoms with E-state index in [4.69, 9.17) is 16.0 Å². The van der Waals surface area contributed by atoms with Gasteiger partial charge in [0.25, 0.3) is 0 Å². The SMILES string of the molecule is Cc1cc2occ(N3CCCCC3)c2cc1Cl. The number of benzene rings is 1. The van der Waals surface area contributed by atoms with Gasteiger partial charge in [0.2, 0.25) is 0 Å². The molecule has 2 nitrogen and oxygen atoms in total. The molecule has 3 heteroatoms. The molecule has 1 aliphatic heterocycles. The van der Waals surface area contributed by atoms with Gasteiger partial charge in [0.05, 0.1) is 5.69 Å². The van der Waals surface area contributed by atoms with Gasteiger partial charge in [-0.15, -0.1) is 0 Å². The summed E-state index contributed by atoms with van der Waals surface area (Å²) in [7, 11) is 0. The van der Waals surface area contributed by atoms with Crippen molar-refractivity contribution < 1.29 is 4.42 Å². The molecule has 17 heavy (non-hydrogen) atoms. The van der Waals surface area contributed by atoms with E-state index in [1.807, 2.05) is 25.3 Å². The summed E-state index contributed by atoms with van der Waals surface area (Å²) >= 11 is 6.20. The monoisotopic (exact) mass is 249 g/mol. The van der Waals surface area contributed by atoms with Crippen LogP contribution in [0.3, 0.4) is 0 Å². The average Bonchev–Trinajstić information content (AvgIpc) is 2.74. The molecule has 1 aromatic heterocycles. The molecule has 1 aromatic carbocycles. The molecule has 1 aliphatic rings. The van der Waals surface area contributed by atoms with Gasteiger partial charge in [-0.3, -0.25) is 0 Å². The highest BCUT2D eigenvalue weighted by Gasteiger charge is 2.16. The zero-order chi connectivity index (χ0) is 11.8. The van der Waals surface area contributed by atoms with Crippen LogP contribution in [0.1, 0.15) is 24.8 Å². The number of hydrogen-bond donors (Lipinski definition) is 0. The Morgan fingerprint density at radius 3 is 2.71 bits per heavy atom. The molecule has 1 fully saturated rings. The van der Waals surface area contributed by atoms with Crippen molar-refractivity contribution in [3.63, 3.8) is 0 Å². The number of aryl methyl sites for hydroxylation is 1. The van der Waals surface area contributed by atoms with E-state index in [1.54, 1.807) is 0 Å². The molecule has 0 unspecified atom stereocenters. The zero-order valence-electron chi connectivity index (χ0n) is 10.0. The molecule has 0 spiro atoms. The Morgan fingerprint density at radius 1 is 1.18 bits per heavy atom. The van der Waals surface area contributed by atoms with Crippen molar-refractivity contribution >= 4 is 28.3 Å². The second-order valence-electron chi connectivity index (χ2n) is 4.77. The molecule has 0 saturated carbocycles. The maximum absolute atomic E-state index is 6.20. The van der Waals surface area contributed by atoms with Crippen LogP contribution < -0.4 is 4.90 Å². The molecule has 3 rings (SSSR count). The first-order valence-electron chi connectivity index (χ1n) is 6.18. The van der Waals surface area contributed by atoms with Gasteiger partial charge in [0.1, 0.15) is 11.8 Å². The molecule has 0 aliphatic carbocycles. The fourth-order valence-corrected chi connectivity index (χ4v) is 2.68. The van der Waals surface area contributed by atoms with Crippen molar-refractivity contribution in [2.45, 2.75) is 26.2 Å². The van der Waals surface area contributed by atoms with Crippen molar-refractivity contribution in [3.8, 4) is 0 Å². The normalized spacial score (nSPS) is 16.7. The molecule has 2 aromatic rings. The predicted octanol–water partition coefficient (Wildman–Crippen LogP) is 4.38. The van der Waals surface area contributed by atoms with Gasteiger partial charge in [-0.2, -0.15) is 0 Å². The smallest absolute Gasteiger partial charge is 0.136 e. The second kappa shape index (κ2) is 4.26. The van der Waals surface area contributed by atoms with Crippen LogP contribution in [0.5, 0.6) is 0 Å². The van der Waals surface area contributed by atoms with E-state index in [0.717, 1.165) is 34.6 Å². The maximum Gasteiger partial charge on any atom is 0.136 e. The number of furan rings is 1. The fourth-order valence-electron chi connectivity index (χ4n) is 2.52. The number of halogens is 1. The van der Waals surface area contributed by atoms with E-state index >= 15 is 0 Å². The van der Waals surface area contributed by atoms with Crippen molar-refractivity contribution in [2.75, 3.05) is 18.0 Å². The Bertz CT molecular complexity index is 540. The van der Waals surface area contributed by atoms with Crippen molar-refractivity contribution in [1.82, 2.24) is 0 Å². The van der Waals surface area contributed by atoms with E-state index in [9.17, 15) is 0 Å². The average molecular weight is 250 g/mol. The van der Waals surface area contributed by atoms with Crippen LogP contribution in [0.15, 0.2) is 22.8 Å². The molecule has 0 N–H and O–H groups in total. The summed E-state index contributed by atoms with van der Waals surface area (Å²) in [5.41, 5.74) is 3.20. The zero-order valence-corrected chi connectivity index (χ0v) is 10.8. The number of rotatable bonds is 1. The van der Waals surface area contributed by atoms with E-state index in [0.29, 0.717) is 0 Å². The second-order valence-corrected chi connectivity index (χ2v) is 5.17. The first kappa shape index (κ1) is 11.0. The van der Waals surface area contributed by atoms with Crippen LogP contribution in [0.4, 0.5) is 5.69 Å². The lowest BCUT2D eigenvalue weighted by atomic mass is 10.1. The van der Waals surface area contributed by atoms with Crippen LogP contribution in [-0.4, -0.2) is 13.1 Å². The topological polar surface area (TPSA) is 16.4 Å². The Labute approximate surface area is 106 Å². The molecule has 2 heterocycles. The summed E-state index contributed by atoms with van der Waals surface area (Å²) in [4.78, 5) is 2.40. The van der Waals surface area contributed by atoms with Crippen molar-refractivity contribution in [3.05, 3.63) is 29.0 Å². The number of anilines is 1. The van der Waals surface area contributed by atoms with Gasteiger partial charge >= 0.3 is 0 Å². The van der Waals surface area contributed by atoms with Crippen LogP contribution in [-0.2, 0) is 0 Å². The van der Waals surface area contributed by atoms with Gasteiger partial charge in [0, 0.05) is 23.5 Å². The van der Waals surface area contributed by atoms with Gasteiger partial charge in [0.15, 0.2) is 0 Å². The Hall–Kier alpha value is -1.15. The maximum atomic E-state index is 6.20. The number of piperidine rings is 1. The standard InChI is InChI=1S/C14H16ClNO/c1-10-7-14-11(8-12(10)15)13(9-17-14)16-5-3-2-4-6-16/h7-9H,2-6H2,1H3. The number of hydrogen-bond acceptors (Lipinski definition) is 2. The van der Waals surface area contributed by atoms with E-state index in [-0.39, 0.29) is 0 Å². The first-order chi connectivity index (χ1) is 8.25. The molecule has 0 radical (unpaired) electrons. The Morgan fingerprint density at radius 2 is 1.94 bits per heavy atom. The van der Waals surface area contributed by atoms with Gasteiger partial charge in [-0.05, 0) is 43.9 Å². The number of fused-ring (bicyclic) bond motifs is 1. The molecule has 0 amide bonds. The summed E-state index contributed by atoms with van der Waals surface area (Å²) in [6.07, 6.45) is 5.75. The van der Waals surface area contributed by atoms with Crippen LogP contribution in [0.25, 0.3) is 11.0 Å². The fraction of sp³-hybridized carbons (Fsp3) is 0.429. The van der Waals surface area contributed by atoms with Gasteiger partial charge in [-0.1, -0.05) is 11.6 Å². The minimum absolute atomic E-state index is 0.817. The van der Waals surface area contributed by atoms with Crippen molar-refractivity contribution in [2.24, 2.45) is 0 Å². The third-order valence-electron chi connectivity index (χ3n) is 3.53. The minimum atomic E-state index is 0.817. The van der Waals surface area contributed by atoms with Crippen molar-refractivity contribution in [1.29, 1.82) is 0 Å². The number of nitrogens with zero attached hydrogens (tertiary/aromatic N) is 1. The van der Waals surface area contributed by atoms with Gasteiger partial charge < -0.3 is 9.32 Å². The van der Waals surface area contributed by atoms with Crippen LogP contribution in [0, 0.1) is 6.92 Å². The lowest BCUT2D eigenvalue weighted by molar-refractivity contribution is 0.569. The highest BCUT2D eigenvalue weighted by atomic mass is 35.5. The van der Waals surface area contributed by atoms with E-state index in [1.165, 1.54) is 24.9 Å². The third-order valence-corrected chi connectivity index (χ3v) is 3.94. The molecule has 0 bridgehead atoms. The molecule has 0 atom stereocenters. The highest BCUT2D eigenvalue weighted by Crippen LogP contribution is 2.34. The minimum Gasteiger partial charge on any atom is -0.462 e. The summed E-state index contributed by atoms with van der Waals surface area (Å²) < 4.78 is 5.64. The first-order valence-corrected chi connectivity index (χ1v) is 6.56. The summed E-state index contributed by atoms with van der Waals surface area (Å²) in [5, 5.41) is 1.96. The molecule has 90 valence electrons. The lowest BCUT2D eigenvalue weighted by Gasteiger charge is -2.27. The third kappa shape index (κ3) is 1.91. The quantitative estimate of drug-likeness (QED) is 0.746. The van der Waals surface area contributed by atoms with Crippen LogP contribution >= 0.6 is 11.6 Å².